The van der Waals surface area contributed by atoms with E-state index in [9.17, 15) is 10.1 Å². The third-order valence-electron chi connectivity index (χ3n) is 5.13. The van der Waals surface area contributed by atoms with Gasteiger partial charge in [0.15, 0.2) is 0 Å². The molecule has 1 saturated heterocycles. The summed E-state index contributed by atoms with van der Waals surface area (Å²) in [6.07, 6.45) is 5.08. The Morgan fingerprint density at radius 1 is 1.35 bits per heavy atom. The number of nitrogens with zero attached hydrogens (tertiary/aromatic N) is 4. The number of hydrogen-bond donors (Lipinski definition) is 1. The lowest BCUT2D eigenvalue weighted by Gasteiger charge is -2.38. The highest BCUT2D eigenvalue weighted by atomic mass is 16.1. The van der Waals surface area contributed by atoms with Gasteiger partial charge in [-0.15, -0.1) is 0 Å². The molecule has 1 amide bonds. The van der Waals surface area contributed by atoms with Crippen LogP contribution >= 0.6 is 0 Å². The predicted molar refractivity (Wildman–Crippen MR) is 102 cm³/mol. The zero-order valence-electron chi connectivity index (χ0n) is 15.6. The van der Waals surface area contributed by atoms with E-state index in [1.54, 1.807) is 18.5 Å². The Balaban J connectivity index is 1.88. The topological polar surface area (TPSA) is 81.9 Å². The van der Waals surface area contributed by atoms with E-state index in [0.29, 0.717) is 17.0 Å². The van der Waals surface area contributed by atoms with Crippen molar-refractivity contribution in [3.8, 4) is 6.07 Å². The van der Waals surface area contributed by atoms with Gasteiger partial charge in [0.2, 0.25) is 5.91 Å². The fraction of sp³-hybridized carbons (Fsp3) is 0.500. The summed E-state index contributed by atoms with van der Waals surface area (Å²) in [5.74, 6) is 0.603. The maximum absolute atomic E-state index is 12.3. The fourth-order valence-electron chi connectivity index (χ4n) is 3.57. The summed E-state index contributed by atoms with van der Waals surface area (Å²) in [7, 11) is 0. The lowest BCUT2D eigenvalue weighted by molar-refractivity contribution is -0.125. The fourth-order valence-corrected chi connectivity index (χ4v) is 3.57. The third-order valence-corrected chi connectivity index (χ3v) is 5.13. The minimum Gasteiger partial charge on any atom is -0.367 e. The van der Waals surface area contributed by atoms with E-state index in [1.165, 1.54) is 0 Å². The van der Waals surface area contributed by atoms with Gasteiger partial charge in [-0.25, -0.2) is 0 Å². The quantitative estimate of drug-likeness (QED) is 0.916. The first kappa shape index (κ1) is 18.1. The van der Waals surface area contributed by atoms with E-state index in [1.807, 2.05) is 19.9 Å². The van der Waals surface area contributed by atoms with E-state index in [-0.39, 0.29) is 17.9 Å². The lowest BCUT2D eigenvalue weighted by Crippen LogP contribution is -2.51. The van der Waals surface area contributed by atoms with Crippen molar-refractivity contribution < 1.29 is 4.79 Å². The van der Waals surface area contributed by atoms with Crippen LogP contribution in [0.1, 0.15) is 39.2 Å². The van der Waals surface area contributed by atoms with Crippen LogP contribution in [0.3, 0.4) is 0 Å². The highest BCUT2D eigenvalue weighted by Gasteiger charge is 2.28. The molecule has 0 bridgehead atoms. The zero-order chi connectivity index (χ0) is 18.7. The van der Waals surface area contributed by atoms with Crippen LogP contribution in [0.4, 0.5) is 5.69 Å². The van der Waals surface area contributed by atoms with Gasteiger partial charge in [0.25, 0.3) is 0 Å². The maximum atomic E-state index is 12.3. The summed E-state index contributed by atoms with van der Waals surface area (Å²) in [6.45, 7) is 7.83. The van der Waals surface area contributed by atoms with Crippen molar-refractivity contribution in [3.63, 3.8) is 0 Å². The van der Waals surface area contributed by atoms with Crippen molar-refractivity contribution in [3.05, 3.63) is 30.1 Å². The predicted octanol–water partition coefficient (Wildman–Crippen LogP) is 2.88. The van der Waals surface area contributed by atoms with Crippen LogP contribution in [0.2, 0.25) is 0 Å². The van der Waals surface area contributed by atoms with Gasteiger partial charge in [-0.2, -0.15) is 5.26 Å². The van der Waals surface area contributed by atoms with Crippen LogP contribution in [0, 0.1) is 23.2 Å². The van der Waals surface area contributed by atoms with Crippen molar-refractivity contribution in [1.82, 2.24) is 15.3 Å². The number of carbonyl (C=O) groups is 1. The first-order chi connectivity index (χ1) is 12.5. The Bertz CT molecular complexity index is 844. The summed E-state index contributed by atoms with van der Waals surface area (Å²) in [6, 6.07) is 6.05. The van der Waals surface area contributed by atoms with Gasteiger partial charge < -0.3 is 10.2 Å². The van der Waals surface area contributed by atoms with Crippen LogP contribution in [-0.2, 0) is 4.79 Å². The molecule has 1 aromatic heterocycles. The van der Waals surface area contributed by atoms with Gasteiger partial charge in [-0.05, 0) is 30.9 Å². The normalized spacial score (nSPS) is 21.2. The molecule has 6 nitrogen and oxygen atoms in total. The molecule has 1 aromatic carbocycles. The van der Waals surface area contributed by atoms with E-state index < -0.39 is 0 Å². The van der Waals surface area contributed by atoms with Crippen LogP contribution in [0.25, 0.3) is 11.0 Å². The number of benzene rings is 1. The van der Waals surface area contributed by atoms with Crippen LogP contribution in [0.15, 0.2) is 24.5 Å². The summed E-state index contributed by atoms with van der Waals surface area (Å²) in [5, 5.41) is 12.5. The highest BCUT2D eigenvalue weighted by molar-refractivity contribution is 5.92. The summed E-state index contributed by atoms with van der Waals surface area (Å²) < 4.78 is 0. The molecule has 136 valence electrons. The molecule has 1 aliphatic heterocycles. The second kappa shape index (κ2) is 7.69. The number of aromatic nitrogens is 2. The van der Waals surface area contributed by atoms with Crippen LogP contribution in [0.5, 0.6) is 0 Å². The van der Waals surface area contributed by atoms with Gasteiger partial charge in [-0.3, -0.25) is 14.8 Å². The van der Waals surface area contributed by atoms with E-state index >= 15 is 0 Å². The van der Waals surface area contributed by atoms with Gasteiger partial charge in [0.05, 0.1) is 11.3 Å². The molecule has 2 heterocycles. The van der Waals surface area contributed by atoms with Crippen molar-refractivity contribution in [1.29, 1.82) is 5.26 Å². The molecule has 0 spiro atoms. The molecule has 1 N–H and O–H groups in total. The molecule has 1 unspecified atom stereocenters. The van der Waals surface area contributed by atoms with Crippen molar-refractivity contribution in [2.75, 3.05) is 18.0 Å². The Hall–Kier alpha value is -2.68. The smallest absolute Gasteiger partial charge is 0.223 e. The Morgan fingerprint density at radius 3 is 2.77 bits per heavy atom. The average molecular weight is 351 g/mol. The van der Waals surface area contributed by atoms with Gasteiger partial charge in [-0.1, -0.05) is 20.8 Å². The molecule has 1 aliphatic rings. The number of rotatable bonds is 4. The Labute approximate surface area is 154 Å². The van der Waals surface area contributed by atoms with E-state index in [4.69, 9.17) is 0 Å². The Kier molecular flexibility index (Phi) is 5.36. The maximum Gasteiger partial charge on any atom is 0.223 e. The zero-order valence-corrected chi connectivity index (χ0v) is 15.6. The summed E-state index contributed by atoms with van der Waals surface area (Å²) >= 11 is 0. The minimum atomic E-state index is 0.0299. The second-order valence-electron chi connectivity index (χ2n) is 7.26. The number of anilines is 1. The molecule has 0 radical (unpaired) electrons. The molecule has 2 aromatic rings. The average Bonchev–Trinajstić information content (AvgIpc) is 2.65. The van der Waals surface area contributed by atoms with Crippen LogP contribution in [-0.4, -0.2) is 35.0 Å². The first-order valence-electron chi connectivity index (χ1n) is 9.22. The summed E-state index contributed by atoms with van der Waals surface area (Å²) in [5.41, 5.74) is 2.88. The molecule has 3 atom stereocenters. The SMILES string of the molecule is CCC(C)C(=O)N[C@@H]1C[C@H](C)CN(c2ccc(C#N)c3nccnc23)C1. The van der Waals surface area contributed by atoms with Crippen molar-refractivity contribution >= 4 is 22.6 Å². The number of piperidine rings is 1. The molecule has 3 rings (SSSR count). The lowest BCUT2D eigenvalue weighted by atomic mass is 9.94. The number of nitriles is 1. The summed E-state index contributed by atoms with van der Waals surface area (Å²) in [4.78, 5) is 23.4. The van der Waals surface area contributed by atoms with Crippen molar-refractivity contribution in [2.45, 2.75) is 39.7 Å². The van der Waals surface area contributed by atoms with E-state index in [2.05, 4.69) is 33.2 Å². The third kappa shape index (κ3) is 3.62. The van der Waals surface area contributed by atoms with E-state index in [0.717, 1.165) is 37.1 Å². The molecule has 0 aliphatic carbocycles. The largest absolute Gasteiger partial charge is 0.367 e. The van der Waals surface area contributed by atoms with Gasteiger partial charge >= 0.3 is 0 Å². The number of carbonyl (C=O) groups excluding carboxylic acids is 1. The number of hydrogen-bond acceptors (Lipinski definition) is 5. The van der Waals surface area contributed by atoms with Gasteiger partial charge in [0.1, 0.15) is 17.1 Å². The molecule has 6 heteroatoms. The minimum absolute atomic E-state index is 0.0299. The second-order valence-corrected chi connectivity index (χ2v) is 7.26. The molecule has 26 heavy (non-hydrogen) atoms. The first-order valence-corrected chi connectivity index (χ1v) is 9.22. The molecular formula is C20H25N5O. The number of amides is 1. The van der Waals surface area contributed by atoms with Crippen molar-refractivity contribution in [2.24, 2.45) is 11.8 Å². The number of nitrogens with one attached hydrogen (secondary N) is 1. The van der Waals surface area contributed by atoms with Gasteiger partial charge in [0, 0.05) is 37.4 Å². The Morgan fingerprint density at radius 2 is 2.08 bits per heavy atom. The molecule has 1 fully saturated rings. The standard InChI is InChI=1S/C20H25N5O/c1-4-14(3)20(26)24-16-9-13(2)11-25(12-16)17-6-5-15(10-21)18-19(17)23-8-7-22-18/h5-8,13-14,16H,4,9,11-12H2,1-3H3,(H,24,26)/t13-,14?,16+/m0/s1. The highest BCUT2D eigenvalue weighted by Crippen LogP contribution is 2.30. The molecular weight excluding hydrogens is 326 g/mol. The monoisotopic (exact) mass is 351 g/mol. The molecule has 0 saturated carbocycles. The van der Waals surface area contributed by atoms with Crippen LogP contribution < -0.4 is 10.2 Å². The number of fused-ring (bicyclic) bond motifs is 1.